The number of carbonyl (C=O) groups is 2. The van der Waals surface area contributed by atoms with Gasteiger partial charge in [-0.2, -0.15) is 0 Å². The first-order chi connectivity index (χ1) is 12.9. The molecule has 2 aliphatic rings. The second-order valence-corrected chi connectivity index (χ2v) is 8.10. The molecular weight excluding hydrogens is 344 g/mol. The van der Waals surface area contributed by atoms with Crippen molar-refractivity contribution in [3.05, 3.63) is 41.7 Å². The van der Waals surface area contributed by atoms with E-state index in [4.69, 9.17) is 9.47 Å². The van der Waals surface area contributed by atoms with Crippen LogP contribution in [0.5, 0.6) is 0 Å². The number of epoxide rings is 1. The van der Waals surface area contributed by atoms with Crippen LogP contribution in [0, 0.1) is 0 Å². The van der Waals surface area contributed by atoms with Crippen molar-refractivity contribution >= 4 is 28.9 Å². The summed E-state index contributed by atoms with van der Waals surface area (Å²) in [5, 5.41) is 1.07. The molecule has 2 unspecified atom stereocenters. The van der Waals surface area contributed by atoms with Crippen molar-refractivity contribution in [2.75, 3.05) is 6.54 Å². The normalized spacial score (nSPS) is 22.5. The van der Waals surface area contributed by atoms with Crippen LogP contribution in [0.3, 0.4) is 0 Å². The summed E-state index contributed by atoms with van der Waals surface area (Å²) in [5.74, 6) is 0. The summed E-state index contributed by atoms with van der Waals surface area (Å²) in [6, 6.07) is 6.06. The van der Waals surface area contributed by atoms with E-state index in [9.17, 15) is 9.59 Å². The Labute approximate surface area is 158 Å². The van der Waals surface area contributed by atoms with Crippen molar-refractivity contribution in [2.45, 2.75) is 51.4 Å². The predicted octanol–water partition coefficient (Wildman–Crippen LogP) is 4.18. The van der Waals surface area contributed by atoms with E-state index >= 15 is 0 Å². The minimum Gasteiger partial charge on any atom is -0.443 e. The highest BCUT2D eigenvalue weighted by molar-refractivity contribution is 5.93. The number of carbonyl (C=O) groups excluding carboxylic acids is 2. The summed E-state index contributed by atoms with van der Waals surface area (Å²) in [7, 11) is 0. The first-order valence-electron chi connectivity index (χ1n) is 9.28. The van der Waals surface area contributed by atoms with Gasteiger partial charge < -0.3 is 19.3 Å². The van der Waals surface area contributed by atoms with Gasteiger partial charge in [0.15, 0.2) is 6.29 Å². The van der Waals surface area contributed by atoms with E-state index in [0.717, 1.165) is 46.7 Å². The maximum atomic E-state index is 12.4. The largest absolute Gasteiger partial charge is 0.443 e. The van der Waals surface area contributed by atoms with Gasteiger partial charge in [-0.3, -0.25) is 4.90 Å². The molecular formula is C21H24N2O4. The Kier molecular flexibility index (Phi) is 4.30. The number of hydrogen-bond donors (Lipinski definition) is 1. The lowest BCUT2D eigenvalue weighted by Crippen LogP contribution is -2.35. The van der Waals surface area contributed by atoms with Crippen LogP contribution in [0.25, 0.3) is 16.5 Å². The van der Waals surface area contributed by atoms with Crippen LogP contribution in [0.4, 0.5) is 4.79 Å². The fourth-order valence-corrected chi connectivity index (χ4v) is 3.50. The number of H-pyrrole nitrogens is 1. The average molecular weight is 368 g/mol. The van der Waals surface area contributed by atoms with Gasteiger partial charge in [0.1, 0.15) is 17.8 Å². The number of benzene rings is 1. The number of ether oxygens (including phenoxy) is 2. The topological polar surface area (TPSA) is 74.9 Å². The van der Waals surface area contributed by atoms with Crippen LogP contribution in [-0.4, -0.2) is 40.5 Å². The molecule has 142 valence electrons. The fraction of sp³-hybridized carbons (Fsp3) is 0.429. The van der Waals surface area contributed by atoms with Crippen LogP contribution in [-0.2, 0) is 14.3 Å². The number of nitrogens with zero attached hydrogens (tertiary/aromatic N) is 1. The summed E-state index contributed by atoms with van der Waals surface area (Å²) in [6.45, 7) is 6.26. The molecule has 1 saturated heterocycles. The molecule has 6 heteroatoms. The third-order valence-electron chi connectivity index (χ3n) is 4.82. The second kappa shape index (κ2) is 6.53. The smallest absolute Gasteiger partial charge is 0.414 e. The minimum absolute atomic E-state index is 0.145. The van der Waals surface area contributed by atoms with Crippen molar-refractivity contribution in [3.63, 3.8) is 0 Å². The summed E-state index contributed by atoms with van der Waals surface area (Å²) in [6.07, 6.45) is 5.70. The molecule has 0 spiro atoms. The van der Waals surface area contributed by atoms with E-state index in [0.29, 0.717) is 6.54 Å². The van der Waals surface area contributed by atoms with Crippen molar-refractivity contribution in [3.8, 4) is 0 Å². The van der Waals surface area contributed by atoms with E-state index < -0.39 is 5.60 Å². The highest BCUT2D eigenvalue weighted by Gasteiger charge is 2.40. The Hall–Kier alpha value is -2.60. The van der Waals surface area contributed by atoms with Gasteiger partial charge in [-0.25, -0.2) is 4.79 Å². The van der Waals surface area contributed by atoms with Crippen LogP contribution in [0.15, 0.2) is 30.6 Å². The molecule has 2 aromatic rings. The van der Waals surface area contributed by atoms with Crippen molar-refractivity contribution in [1.82, 2.24) is 9.88 Å². The molecule has 1 aromatic carbocycles. The van der Waals surface area contributed by atoms with Gasteiger partial charge in [0.2, 0.25) is 0 Å². The van der Waals surface area contributed by atoms with Crippen LogP contribution >= 0.6 is 0 Å². The minimum atomic E-state index is -0.516. The lowest BCUT2D eigenvalue weighted by atomic mass is 9.97. The molecule has 4 rings (SSSR count). The zero-order valence-corrected chi connectivity index (χ0v) is 15.8. The van der Waals surface area contributed by atoms with Gasteiger partial charge in [-0.05, 0) is 56.9 Å². The summed E-state index contributed by atoms with van der Waals surface area (Å²) in [5.41, 5.74) is 3.67. The molecule has 6 nitrogen and oxygen atoms in total. The molecule has 1 fully saturated rings. The van der Waals surface area contributed by atoms with E-state index in [2.05, 4.69) is 11.1 Å². The van der Waals surface area contributed by atoms with Gasteiger partial charge in [0, 0.05) is 35.4 Å². The van der Waals surface area contributed by atoms with Crippen molar-refractivity contribution in [2.24, 2.45) is 0 Å². The van der Waals surface area contributed by atoms with Gasteiger partial charge in [-0.1, -0.05) is 6.07 Å². The van der Waals surface area contributed by atoms with Gasteiger partial charge >= 0.3 is 6.09 Å². The zero-order chi connectivity index (χ0) is 19.2. The number of hydrogen-bond acceptors (Lipinski definition) is 4. The fourth-order valence-electron chi connectivity index (χ4n) is 3.50. The second-order valence-electron chi connectivity index (χ2n) is 8.10. The van der Waals surface area contributed by atoms with E-state index in [1.807, 2.05) is 45.3 Å². The number of fused-ring (bicyclic) bond motifs is 1. The van der Waals surface area contributed by atoms with Crippen LogP contribution in [0.1, 0.15) is 50.8 Å². The van der Waals surface area contributed by atoms with Crippen LogP contribution < -0.4 is 0 Å². The van der Waals surface area contributed by atoms with Crippen LogP contribution in [0.2, 0.25) is 0 Å². The van der Waals surface area contributed by atoms with E-state index in [1.54, 1.807) is 4.90 Å². The summed E-state index contributed by atoms with van der Waals surface area (Å²) < 4.78 is 10.9. The van der Waals surface area contributed by atoms with Gasteiger partial charge in [0.05, 0.1) is 0 Å². The molecule has 0 aliphatic carbocycles. The first-order valence-corrected chi connectivity index (χ1v) is 9.28. The Bertz CT molecular complexity index is 922. The molecule has 2 atom stereocenters. The Morgan fingerprint density at radius 2 is 2.19 bits per heavy atom. The highest BCUT2D eigenvalue weighted by Crippen LogP contribution is 2.40. The predicted molar refractivity (Wildman–Crippen MR) is 102 cm³/mol. The Morgan fingerprint density at radius 3 is 2.89 bits per heavy atom. The number of nitrogens with one attached hydrogen (secondary N) is 1. The molecule has 0 radical (unpaired) electrons. The SMILES string of the molecule is CC(C)(C)OC(=O)N1C=C(c2c[nH]c3ccc(C4OC4C=O)cc23)CCC1. The summed E-state index contributed by atoms with van der Waals surface area (Å²) in [4.78, 5) is 28.2. The van der Waals surface area contributed by atoms with E-state index in [-0.39, 0.29) is 18.3 Å². The monoisotopic (exact) mass is 368 g/mol. The average Bonchev–Trinajstić information content (AvgIpc) is 3.30. The standard InChI is InChI=1S/C21H24N2O4/c1-21(2,3)27-20(25)23-8-4-5-14(11-23)16-10-22-17-7-6-13(9-15(16)17)19-18(12-24)26-19/h6-7,9-12,18-19,22H,4-5,8H2,1-3H3. The highest BCUT2D eigenvalue weighted by atomic mass is 16.6. The van der Waals surface area contributed by atoms with E-state index in [1.165, 1.54) is 0 Å². The summed E-state index contributed by atoms with van der Waals surface area (Å²) >= 11 is 0. The number of rotatable bonds is 3. The van der Waals surface area contributed by atoms with Gasteiger partial charge in [-0.15, -0.1) is 0 Å². The number of aromatic nitrogens is 1. The maximum absolute atomic E-state index is 12.4. The molecule has 0 saturated carbocycles. The zero-order valence-electron chi connectivity index (χ0n) is 15.8. The quantitative estimate of drug-likeness (QED) is 0.651. The third kappa shape index (κ3) is 3.62. The van der Waals surface area contributed by atoms with Crippen molar-refractivity contribution < 1.29 is 19.1 Å². The van der Waals surface area contributed by atoms with Crippen molar-refractivity contribution in [1.29, 1.82) is 0 Å². The molecule has 1 N–H and O–H groups in total. The third-order valence-corrected chi connectivity index (χ3v) is 4.82. The lowest BCUT2D eigenvalue weighted by Gasteiger charge is -2.28. The Morgan fingerprint density at radius 1 is 1.37 bits per heavy atom. The lowest BCUT2D eigenvalue weighted by molar-refractivity contribution is -0.108. The molecule has 2 aliphatic heterocycles. The molecule has 1 aromatic heterocycles. The number of aromatic amines is 1. The molecule has 0 bridgehead atoms. The Balaban J connectivity index is 1.64. The first kappa shape index (κ1) is 17.8. The molecule has 27 heavy (non-hydrogen) atoms. The molecule has 3 heterocycles. The van der Waals surface area contributed by atoms with Gasteiger partial charge in [0.25, 0.3) is 0 Å². The number of aldehydes is 1. The molecule has 1 amide bonds. The maximum Gasteiger partial charge on any atom is 0.414 e. The number of amides is 1. The number of allylic oxidation sites excluding steroid dienone is 1.